The molecule has 0 fully saturated rings. The van der Waals surface area contributed by atoms with E-state index in [4.69, 9.17) is 0 Å². The number of nitrogens with zero attached hydrogens (tertiary/aromatic N) is 5. The predicted octanol–water partition coefficient (Wildman–Crippen LogP) is 4.08. The van der Waals surface area contributed by atoms with E-state index in [1.807, 2.05) is 77.1 Å². The summed E-state index contributed by atoms with van der Waals surface area (Å²) in [6, 6.07) is 11.5. The van der Waals surface area contributed by atoms with E-state index in [1.165, 1.54) is 22.8 Å². The average Bonchev–Trinajstić information content (AvgIpc) is 3.30. The first-order valence-electron chi connectivity index (χ1n) is 11.0. The number of phenols is 1. The van der Waals surface area contributed by atoms with Crippen LogP contribution < -0.4 is 4.90 Å². The smallest absolute Gasteiger partial charge is 0.266 e. The topological polar surface area (TPSA) is 104 Å². The van der Waals surface area contributed by atoms with Gasteiger partial charge in [0.15, 0.2) is 0 Å². The van der Waals surface area contributed by atoms with Gasteiger partial charge in [0.25, 0.3) is 5.91 Å². The summed E-state index contributed by atoms with van der Waals surface area (Å²) in [4.78, 5) is 16.7. The molecule has 2 aromatic carbocycles. The lowest BCUT2D eigenvalue weighted by Crippen LogP contribution is -2.36. The van der Waals surface area contributed by atoms with Crippen molar-refractivity contribution >= 4 is 29.4 Å². The summed E-state index contributed by atoms with van der Waals surface area (Å²) in [7, 11) is 0. The molecule has 1 aliphatic rings. The number of amides is 1. The average molecular weight is 480 g/mol. The molecule has 34 heavy (non-hydrogen) atoms. The summed E-state index contributed by atoms with van der Waals surface area (Å²) in [6.45, 7) is 9.92. The van der Waals surface area contributed by atoms with Gasteiger partial charge in [-0.3, -0.25) is 9.69 Å². The highest BCUT2D eigenvalue weighted by Crippen LogP contribution is 2.44. The van der Waals surface area contributed by atoms with Crippen LogP contribution in [0.2, 0.25) is 0 Å². The Labute approximate surface area is 203 Å². The third-order valence-electron chi connectivity index (χ3n) is 5.87. The normalized spacial score (nSPS) is 15.6. The number of para-hydroxylation sites is 1. The van der Waals surface area contributed by atoms with E-state index in [2.05, 4.69) is 15.5 Å². The molecule has 1 amide bonds. The van der Waals surface area contributed by atoms with Gasteiger partial charge in [-0.2, -0.15) is 0 Å². The molecule has 1 aliphatic heterocycles. The van der Waals surface area contributed by atoms with Crippen LogP contribution in [0.25, 0.3) is 6.08 Å². The first kappa shape index (κ1) is 24.0. The van der Waals surface area contributed by atoms with Crippen molar-refractivity contribution in [2.24, 2.45) is 0 Å². The van der Waals surface area contributed by atoms with Gasteiger partial charge in [-0.25, -0.2) is 4.68 Å². The van der Waals surface area contributed by atoms with E-state index >= 15 is 0 Å². The SMILES string of the molecule is CC(C)(C)c1cc(C=C2Sc3ccccc3N(Cn3cnnn3)C2=O)cc(C(C)(C)CO)c1O. The molecule has 178 valence electrons. The van der Waals surface area contributed by atoms with Crippen molar-refractivity contribution < 1.29 is 15.0 Å². The van der Waals surface area contributed by atoms with Crippen LogP contribution in [0.4, 0.5) is 5.69 Å². The highest BCUT2D eigenvalue weighted by molar-refractivity contribution is 8.04. The Balaban J connectivity index is 1.83. The molecule has 9 heteroatoms. The number of fused-ring (bicyclic) bond motifs is 1. The molecule has 2 heterocycles. The van der Waals surface area contributed by atoms with Crippen LogP contribution >= 0.6 is 11.8 Å². The van der Waals surface area contributed by atoms with E-state index in [-0.39, 0.29) is 30.3 Å². The molecule has 0 bridgehead atoms. The zero-order chi connectivity index (χ0) is 24.7. The summed E-state index contributed by atoms with van der Waals surface area (Å²) >= 11 is 1.41. The van der Waals surface area contributed by atoms with Crippen LogP contribution in [-0.4, -0.2) is 42.9 Å². The lowest BCUT2D eigenvalue weighted by Gasteiger charge is -2.31. The quantitative estimate of drug-likeness (QED) is 0.531. The lowest BCUT2D eigenvalue weighted by molar-refractivity contribution is -0.114. The number of carbonyl (C=O) groups excluding carboxylic acids is 1. The second-order valence-electron chi connectivity index (χ2n) is 10.1. The summed E-state index contributed by atoms with van der Waals surface area (Å²) in [5.74, 6) is 0.0227. The molecule has 0 radical (unpaired) electrons. The molecule has 2 N–H and O–H groups in total. The number of phenolic OH excluding ortho intramolecular Hbond substituents is 1. The van der Waals surface area contributed by atoms with Crippen molar-refractivity contribution in [1.82, 2.24) is 20.2 Å². The van der Waals surface area contributed by atoms with Gasteiger partial charge in [-0.05, 0) is 51.7 Å². The van der Waals surface area contributed by atoms with Crippen molar-refractivity contribution in [2.45, 2.75) is 57.0 Å². The van der Waals surface area contributed by atoms with Crippen LogP contribution in [0.15, 0.2) is 52.5 Å². The van der Waals surface area contributed by atoms with Crippen molar-refractivity contribution in [1.29, 1.82) is 0 Å². The Morgan fingerprint density at radius 2 is 1.79 bits per heavy atom. The molecule has 0 unspecified atom stereocenters. The van der Waals surface area contributed by atoms with Gasteiger partial charge < -0.3 is 10.2 Å². The minimum atomic E-state index is -0.652. The number of anilines is 1. The Morgan fingerprint density at radius 1 is 1.09 bits per heavy atom. The van der Waals surface area contributed by atoms with E-state index < -0.39 is 5.41 Å². The molecule has 0 saturated carbocycles. The zero-order valence-corrected chi connectivity index (χ0v) is 20.8. The number of tetrazole rings is 1. The Hall–Kier alpha value is -3.17. The lowest BCUT2D eigenvalue weighted by atomic mass is 9.78. The van der Waals surface area contributed by atoms with Gasteiger partial charge in [0.05, 0.1) is 17.2 Å². The largest absolute Gasteiger partial charge is 0.507 e. The third-order valence-corrected chi connectivity index (χ3v) is 6.95. The molecular weight excluding hydrogens is 450 g/mol. The van der Waals surface area contributed by atoms with Gasteiger partial charge in [-0.1, -0.05) is 58.5 Å². The number of benzene rings is 2. The molecule has 3 aromatic rings. The van der Waals surface area contributed by atoms with Crippen LogP contribution in [0.1, 0.15) is 51.3 Å². The van der Waals surface area contributed by atoms with Gasteiger partial charge in [-0.15, -0.1) is 5.10 Å². The molecule has 0 atom stereocenters. The fourth-order valence-electron chi connectivity index (χ4n) is 3.86. The third kappa shape index (κ3) is 4.58. The minimum Gasteiger partial charge on any atom is -0.507 e. The van der Waals surface area contributed by atoms with Gasteiger partial charge >= 0.3 is 0 Å². The summed E-state index contributed by atoms with van der Waals surface area (Å²) < 4.78 is 1.50. The van der Waals surface area contributed by atoms with E-state index in [9.17, 15) is 15.0 Å². The van der Waals surface area contributed by atoms with E-state index in [1.54, 1.807) is 4.90 Å². The summed E-state index contributed by atoms with van der Waals surface area (Å²) in [5.41, 5.74) is 2.01. The van der Waals surface area contributed by atoms with Crippen LogP contribution in [0, 0.1) is 0 Å². The predicted molar refractivity (Wildman–Crippen MR) is 132 cm³/mol. The van der Waals surface area contributed by atoms with Crippen LogP contribution in [0.5, 0.6) is 5.75 Å². The standard InChI is InChI=1S/C25H29N5O3S/c1-24(2,3)17-10-16(11-18(22(17)32)25(4,5)13-31)12-21-23(33)30(15-29-14-26-27-28-29)19-8-6-7-9-20(19)34-21/h6-12,14,31-32H,13,15H2,1-5H3. The van der Waals surface area contributed by atoms with Crippen molar-refractivity contribution in [3.8, 4) is 5.75 Å². The van der Waals surface area contributed by atoms with Gasteiger partial charge in [0, 0.05) is 21.4 Å². The number of aromatic nitrogens is 4. The fraction of sp³-hybridized carbons (Fsp3) is 0.360. The summed E-state index contributed by atoms with van der Waals surface area (Å²) in [5, 5.41) is 32.3. The maximum absolute atomic E-state index is 13.6. The number of rotatable bonds is 5. The van der Waals surface area contributed by atoms with E-state index in [0.717, 1.165) is 21.7 Å². The monoisotopic (exact) mass is 479 g/mol. The second kappa shape index (κ2) is 8.88. The number of aromatic hydroxyl groups is 1. The van der Waals surface area contributed by atoms with E-state index in [0.29, 0.717) is 10.5 Å². The number of hydrogen-bond donors (Lipinski definition) is 2. The van der Waals surface area contributed by atoms with Crippen LogP contribution in [-0.2, 0) is 22.3 Å². The van der Waals surface area contributed by atoms with Crippen molar-refractivity contribution in [3.05, 3.63) is 64.3 Å². The molecule has 1 aromatic heterocycles. The second-order valence-corrected chi connectivity index (χ2v) is 11.1. The highest BCUT2D eigenvalue weighted by Gasteiger charge is 2.31. The Morgan fingerprint density at radius 3 is 2.44 bits per heavy atom. The molecule has 0 spiro atoms. The Bertz CT molecular complexity index is 1250. The maximum atomic E-state index is 13.6. The number of aliphatic hydroxyl groups is 1. The van der Waals surface area contributed by atoms with Crippen molar-refractivity contribution in [2.75, 3.05) is 11.5 Å². The van der Waals surface area contributed by atoms with Crippen LogP contribution in [0.3, 0.4) is 0 Å². The first-order valence-corrected chi connectivity index (χ1v) is 11.8. The van der Waals surface area contributed by atoms with Gasteiger partial charge in [0.2, 0.25) is 0 Å². The minimum absolute atomic E-state index is 0.120. The first-order chi connectivity index (χ1) is 16.0. The fourth-order valence-corrected chi connectivity index (χ4v) is 4.92. The molecule has 0 aliphatic carbocycles. The molecule has 0 saturated heterocycles. The maximum Gasteiger partial charge on any atom is 0.266 e. The number of thioether (sulfide) groups is 1. The highest BCUT2D eigenvalue weighted by atomic mass is 32.2. The zero-order valence-electron chi connectivity index (χ0n) is 20.0. The van der Waals surface area contributed by atoms with Crippen molar-refractivity contribution in [3.63, 3.8) is 0 Å². The Kier molecular flexibility index (Phi) is 6.26. The molecular formula is C25H29N5O3S. The molecule has 4 rings (SSSR count). The number of carbonyl (C=O) groups is 1. The molecule has 8 nitrogen and oxygen atoms in total. The number of hydrogen-bond acceptors (Lipinski definition) is 7. The number of aliphatic hydroxyl groups excluding tert-OH is 1. The van der Waals surface area contributed by atoms with Gasteiger partial charge in [0.1, 0.15) is 18.7 Å². The summed E-state index contributed by atoms with van der Waals surface area (Å²) in [6.07, 6.45) is 3.32.